The minimum atomic E-state index is -0.135. The number of aliphatic hydroxyl groups excluding tert-OH is 1. The van der Waals surface area contributed by atoms with E-state index in [0.29, 0.717) is 13.0 Å². The molecule has 122 valence electrons. The molecular weight excluding hydrogens is 266 g/mol. The van der Waals surface area contributed by atoms with Gasteiger partial charge in [0.1, 0.15) is 0 Å². The fourth-order valence-corrected chi connectivity index (χ4v) is 1.85. The number of unbranched alkanes of at least 4 members (excludes halogenated alkanes) is 6. The molecule has 0 amide bonds. The molecule has 0 unspecified atom stereocenters. The van der Waals surface area contributed by atoms with E-state index in [1.165, 1.54) is 0 Å². The van der Waals surface area contributed by atoms with Crippen molar-refractivity contribution in [2.45, 2.75) is 64.7 Å². The summed E-state index contributed by atoms with van der Waals surface area (Å²) in [5, 5.41) is 11.7. The van der Waals surface area contributed by atoms with Crippen molar-refractivity contribution >= 4 is 5.97 Å². The van der Waals surface area contributed by atoms with Crippen LogP contribution in [0.1, 0.15) is 64.7 Å². The zero-order valence-electron chi connectivity index (χ0n) is 13.5. The molecule has 0 fully saturated rings. The van der Waals surface area contributed by atoms with Crippen molar-refractivity contribution in [1.82, 2.24) is 5.32 Å². The van der Waals surface area contributed by atoms with Gasteiger partial charge >= 0.3 is 5.97 Å². The highest BCUT2D eigenvalue weighted by Crippen LogP contribution is 2.05. The minimum absolute atomic E-state index is 0.135. The quantitative estimate of drug-likeness (QED) is 0.312. The first-order chi connectivity index (χ1) is 10.3. The molecule has 0 aliphatic heterocycles. The summed E-state index contributed by atoms with van der Waals surface area (Å²) in [5.74, 6) is 5.73. The normalized spacial score (nSPS) is 10.0. The summed E-state index contributed by atoms with van der Waals surface area (Å²) in [4.78, 5) is 11.4. The third-order valence-corrected chi connectivity index (χ3v) is 3.11. The second-order valence-electron chi connectivity index (χ2n) is 5.11. The van der Waals surface area contributed by atoms with Crippen molar-refractivity contribution in [3.8, 4) is 11.8 Å². The van der Waals surface area contributed by atoms with Crippen molar-refractivity contribution in [3.05, 3.63) is 0 Å². The van der Waals surface area contributed by atoms with Crippen LogP contribution in [0.4, 0.5) is 0 Å². The van der Waals surface area contributed by atoms with Crippen LogP contribution in [0.3, 0.4) is 0 Å². The van der Waals surface area contributed by atoms with Gasteiger partial charge in [0, 0.05) is 19.4 Å². The Morgan fingerprint density at radius 2 is 1.81 bits per heavy atom. The second-order valence-corrected chi connectivity index (χ2v) is 5.11. The highest BCUT2D eigenvalue weighted by Gasteiger charge is 2.01. The van der Waals surface area contributed by atoms with Gasteiger partial charge in [0.05, 0.1) is 6.61 Å². The zero-order valence-corrected chi connectivity index (χ0v) is 13.5. The number of hydrogen-bond acceptors (Lipinski definition) is 4. The molecule has 0 rings (SSSR count). The van der Waals surface area contributed by atoms with Gasteiger partial charge in [-0.05, 0) is 25.8 Å². The van der Waals surface area contributed by atoms with Gasteiger partial charge in [-0.3, -0.25) is 4.79 Å². The van der Waals surface area contributed by atoms with Crippen molar-refractivity contribution < 1.29 is 14.6 Å². The molecule has 21 heavy (non-hydrogen) atoms. The van der Waals surface area contributed by atoms with Crippen LogP contribution in [0.15, 0.2) is 0 Å². The molecule has 0 saturated heterocycles. The first-order valence-corrected chi connectivity index (χ1v) is 8.24. The van der Waals surface area contributed by atoms with Crippen LogP contribution in [0, 0.1) is 11.8 Å². The molecule has 4 heteroatoms. The molecule has 0 aromatic carbocycles. The molecular formula is C17H31NO3. The summed E-state index contributed by atoms with van der Waals surface area (Å²) in [6, 6.07) is 0. The fraction of sp³-hybridized carbons (Fsp3) is 0.824. The molecule has 0 atom stereocenters. The van der Waals surface area contributed by atoms with E-state index in [-0.39, 0.29) is 19.2 Å². The first kappa shape index (κ1) is 19.9. The Balaban J connectivity index is 3.24. The summed E-state index contributed by atoms with van der Waals surface area (Å²) in [6.07, 6.45) is 9.03. The highest BCUT2D eigenvalue weighted by atomic mass is 16.5. The van der Waals surface area contributed by atoms with Gasteiger partial charge < -0.3 is 15.2 Å². The summed E-state index contributed by atoms with van der Waals surface area (Å²) in [5.41, 5.74) is 0. The van der Waals surface area contributed by atoms with E-state index in [1.54, 1.807) is 0 Å². The number of carbonyl (C=O) groups excluding carboxylic acids is 1. The Labute approximate surface area is 129 Å². The molecule has 0 aliphatic rings. The van der Waals surface area contributed by atoms with Crippen LogP contribution in [-0.4, -0.2) is 37.4 Å². The van der Waals surface area contributed by atoms with Crippen LogP contribution in [0.2, 0.25) is 0 Å². The molecule has 0 spiro atoms. The lowest BCUT2D eigenvalue weighted by atomic mass is 10.1. The zero-order chi connectivity index (χ0) is 15.6. The van der Waals surface area contributed by atoms with Gasteiger partial charge in [0.25, 0.3) is 0 Å². The van der Waals surface area contributed by atoms with Crippen molar-refractivity contribution in [2.24, 2.45) is 0 Å². The molecule has 0 saturated carbocycles. The molecule has 0 bridgehead atoms. The standard InChI is InChI=1S/C17H31NO3/c1-2-3-4-8-11-16-21-17(20)12-9-6-5-7-10-13-18-14-15-19/h18-19H,2-7,9-10,12-16H2,1H3. The maximum Gasteiger partial charge on any atom is 0.306 e. The molecule has 2 N–H and O–H groups in total. The predicted octanol–water partition coefficient (Wildman–Crippen LogP) is 2.65. The Kier molecular flexibility index (Phi) is 16.2. The summed E-state index contributed by atoms with van der Waals surface area (Å²) in [7, 11) is 0. The van der Waals surface area contributed by atoms with Crippen molar-refractivity contribution in [1.29, 1.82) is 0 Å². The molecule has 4 nitrogen and oxygen atoms in total. The van der Waals surface area contributed by atoms with E-state index in [1.807, 2.05) is 0 Å². The monoisotopic (exact) mass is 297 g/mol. The molecule has 0 aromatic rings. The van der Waals surface area contributed by atoms with Crippen molar-refractivity contribution in [3.63, 3.8) is 0 Å². The van der Waals surface area contributed by atoms with Gasteiger partial charge in [-0.15, -0.1) is 0 Å². The number of rotatable bonds is 13. The van der Waals surface area contributed by atoms with Crippen LogP contribution in [0.25, 0.3) is 0 Å². The molecule has 0 aliphatic carbocycles. The van der Waals surface area contributed by atoms with Crippen molar-refractivity contribution in [2.75, 3.05) is 26.3 Å². The number of esters is 1. The number of ether oxygens (including phenoxy) is 1. The lowest BCUT2D eigenvalue weighted by Crippen LogP contribution is -2.19. The SMILES string of the molecule is CCCCC#CCOC(=O)CCCCCCCNCCO. The van der Waals surface area contributed by atoms with Gasteiger partial charge in [-0.25, -0.2) is 0 Å². The number of nitrogens with one attached hydrogen (secondary N) is 1. The molecule has 0 heterocycles. The summed E-state index contributed by atoms with van der Waals surface area (Å²) >= 11 is 0. The Hall–Kier alpha value is -1.05. The third kappa shape index (κ3) is 16.9. The second kappa shape index (κ2) is 17.0. The Morgan fingerprint density at radius 1 is 1.05 bits per heavy atom. The Bertz CT molecular complexity index is 294. The number of carbonyl (C=O) groups is 1. The van der Waals surface area contributed by atoms with Crippen LogP contribution in [0.5, 0.6) is 0 Å². The molecule has 0 aromatic heterocycles. The first-order valence-electron chi connectivity index (χ1n) is 8.24. The molecule has 0 radical (unpaired) electrons. The van der Waals surface area contributed by atoms with E-state index in [9.17, 15) is 4.79 Å². The average molecular weight is 297 g/mol. The highest BCUT2D eigenvalue weighted by molar-refractivity contribution is 5.69. The van der Waals surface area contributed by atoms with Gasteiger partial charge in [-0.2, -0.15) is 0 Å². The van der Waals surface area contributed by atoms with Gasteiger partial charge in [0.15, 0.2) is 6.61 Å². The van der Waals surface area contributed by atoms with E-state index in [4.69, 9.17) is 9.84 Å². The fourth-order valence-electron chi connectivity index (χ4n) is 1.85. The van der Waals surface area contributed by atoms with E-state index in [2.05, 4.69) is 24.1 Å². The smallest absolute Gasteiger partial charge is 0.306 e. The van der Waals surface area contributed by atoms with E-state index >= 15 is 0 Å². The van der Waals surface area contributed by atoms with E-state index in [0.717, 1.165) is 57.9 Å². The number of aliphatic hydroxyl groups is 1. The average Bonchev–Trinajstić information content (AvgIpc) is 2.49. The largest absolute Gasteiger partial charge is 0.452 e. The topological polar surface area (TPSA) is 58.6 Å². The van der Waals surface area contributed by atoms with Gasteiger partial charge in [0.2, 0.25) is 0 Å². The number of hydrogen-bond donors (Lipinski definition) is 2. The summed E-state index contributed by atoms with van der Waals surface area (Å²) < 4.78 is 5.05. The third-order valence-electron chi connectivity index (χ3n) is 3.11. The lowest BCUT2D eigenvalue weighted by Gasteiger charge is -2.03. The summed E-state index contributed by atoms with van der Waals surface area (Å²) in [6.45, 7) is 4.20. The minimum Gasteiger partial charge on any atom is -0.452 e. The maximum absolute atomic E-state index is 11.4. The Morgan fingerprint density at radius 3 is 2.57 bits per heavy atom. The van der Waals surface area contributed by atoms with E-state index < -0.39 is 0 Å². The van der Waals surface area contributed by atoms with Crippen LogP contribution in [-0.2, 0) is 9.53 Å². The van der Waals surface area contributed by atoms with Gasteiger partial charge in [-0.1, -0.05) is 44.4 Å². The predicted molar refractivity (Wildman–Crippen MR) is 85.9 cm³/mol. The van der Waals surface area contributed by atoms with Crippen LogP contribution < -0.4 is 5.32 Å². The lowest BCUT2D eigenvalue weighted by molar-refractivity contribution is -0.142. The van der Waals surface area contributed by atoms with Crippen LogP contribution >= 0.6 is 0 Å². The maximum atomic E-state index is 11.4.